The van der Waals surface area contributed by atoms with E-state index in [0.717, 1.165) is 34.2 Å². The fourth-order valence-corrected chi connectivity index (χ4v) is 9.72. The number of hydrogen-bond donors (Lipinski definition) is 12. The molecule has 2 saturated heterocycles. The van der Waals surface area contributed by atoms with E-state index in [4.69, 9.17) is 5.73 Å². The molecule has 8 atom stereocenters. The quantitative estimate of drug-likeness (QED) is 0.115. The molecule has 22 heteroatoms. The van der Waals surface area contributed by atoms with Gasteiger partial charge in [-0.15, -0.1) is 11.8 Å². The van der Waals surface area contributed by atoms with Crippen molar-refractivity contribution in [3.05, 3.63) is 41.6 Å². The predicted octanol–water partition coefficient (Wildman–Crippen LogP) is -3.37. The lowest BCUT2D eigenvalue weighted by molar-refractivity contribution is -0.143. The Kier molecular flexibility index (Phi) is 15.0. The summed E-state index contributed by atoms with van der Waals surface area (Å²) in [6.45, 7) is 0.902. The fraction of sp³-hybridized carbons (Fsp3) is 0.561. The van der Waals surface area contributed by atoms with Crippen LogP contribution in [0.5, 0.6) is 0 Å². The number of para-hydroxylation sites is 1. The summed E-state index contributed by atoms with van der Waals surface area (Å²) in [5, 5.41) is 51.4. The van der Waals surface area contributed by atoms with Gasteiger partial charge in [0, 0.05) is 40.7 Å². The SMILES string of the molecule is Cc1c(SC[C@@H]2NC(=O)CNC(=O)[C@H](C3CCCC3)NC(=O)CNC(=O)CNC3=CC(C)([C@@H](O)CO)[C@@H]3NC(=O)[C@@H]3C[C@@H](O)CN3C(=O)[C@H](CC(N)=O)NC2=O)[nH]c2ccccc12. The molecular formula is C41H56N10O11S. The minimum atomic E-state index is -1.66. The van der Waals surface area contributed by atoms with Gasteiger partial charge in [0.05, 0.1) is 55.9 Å². The van der Waals surface area contributed by atoms with Crippen LogP contribution in [0.4, 0.5) is 0 Å². The van der Waals surface area contributed by atoms with E-state index >= 15 is 0 Å². The number of thioether (sulfide) groups is 1. The molecule has 0 bridgehead atoms. The van der Waals surface area contributed by atoms with Gasteiger partial charge in [-0.3, -0.25) is 38.4 Å². The van der Waals surface area contributed by atoms with Crippen LogP contribution in [0.25, 0.3) is 10.9 Å². The zero-order chi connectivity index (χ0) is 45.6. The minimum absolute atomic E-state index is 0.0969. The lowest BCUT2D eigenvalue weighted by Crippen LogP contribution is -2.64. The van der Waals surface area contributed by atoms with Crippen molar-refractivity contribution < 1.29 is 53.7 Å². The van der Waals surface area contributed by atoms with Crippen molar-refractivity contribution in [1.82, 2.24) is 47.1 Å². The first-order valence-corrected chi connectivity index (χ1v) is 21.9. The van der Waals surface area contributed by atoms with Crippen molar-refractivity contribution in [2.24, 2.45) is 17.1 Å². The largest absolute Gasteiger partial charge is 0.394 e. The monoisotopic (exact) mass is 896 g/mol. The van der Waals surface area contributed by atoms with Crippen LogP contribution in [-0.4, -0.2) is 153 Å². The highest BCUT2D eigenvalue weighted by molar-refractivity contribution is 7.99. The molecule has 13 N–H and O–H groups in total. The number of H-pyrrole nitrogens is 1. The van der Waals surface area contributed by atoms with Gasteiger partial charge in [0.1, 0.15) is 24.2 Å². The summed E-state index contributed by atoms with van der Waals surface area (Å²) in [5.74, 6) is -6.67. The van der Waals surface area contributed by atoms with E-state index in [0.29, 0.717) is 17.9 Å². The summed E-state index contributed by atoms with van der Waals surface area (Å²) >= 11 is 1.20. The molecule has 6 rings (SSSR count). The highest BCUT2D eigenvalue weighted by Gasteiger charge is 2.51. The maximum atomic E-state index is 14.3. The molecule has 8 amide bonds. The molecule has 1 unspecified atom stereocenters. The van der Waals surface area contributed by atoms with E-state index < -0.39 is 121 Å². The summed E-state index contributed by atoms with van der Waals surface area (Å²) in [5.41, 5.74) is 6.28. The van der Waals surface area contributed by atoms with Gasteiger partial charge in [-0.2, -0.15) is 0 Å². The molecule has 2 aliphatic carbocycles. The molecule has 1 aromatic heterocycles. The number of aliphatic hydroxyl groups excluding tert-OH is 3. The van der Waals surface area contributed by atoms with E-state index in [-0.39, 0.29) is 36.9 Å². The molecule has 3 heterocycles. The Morgan fingerprint density at radius 2 is 1.57 bits per heavy atom. The molecule has 21 nitrogen and oxygen atoms in total. The summed E-state index contributed by atoms with van der Waals surface area (Å²) in [7, 11) is 0. The fourth-order valence-electron chi connectivity index (χ4n) is 8.64. The Bertz CT molecular complexity index is 2140. The maximum absolute atomic E-state index is 14.3. The number of amides is 8. The minimum Gasteiger partial charge on any atom is -0.394 e. The lowest BCUT2D eigenvalue weighted by Gasteiger charge is -2.48. The van der Waals surface area contributed by atoms with Crippen molar-refractivity contribution in [3.8, 4) is 0 Å². The molecule has 2 aromatic rings. The first-order chi connectivity index (χ1) is 30.0. The number of hydrogen-bond acceptors (Lipinski definition) is 13. The first-order valence-electron chi connectivity index (χ1n) is 20.9. The molecule has 4 aliphatic rings. The molecule has 0 spiro atoms. The lowest BCUT2D eigenvalue weighted by atomic mass is 9.66. The zero-order valence-electron chi connectivity index (χ0n) is 35.0. The topological polar surface area (TPSA) is 327 Å². The Labute approximate surface area is 366 Å². The van der Waals surface area contributed by atoms with Crippen LogP contribution in [0.1, 0.15) is 51.0 Å². The van der Waals surface area contributed by atoms with Crippen LogP contribution in [0, 0.1) is 18.3 Å². The predicted molar refractivity (Wildman–Crippen MR) is 227 cm³/mol. The molecule has 3 fully saturated rings. The van der Waals surface area contributed by atoms with E-state index in [2.05, 4.69) is 42.2 Å². The molecule has 63 heavy (non-hydrogen) atoms. The molecule has 0 radical (unpaired) electrons. The number of aromatic nitrogens is 1. The Morgan fingerprint density at radius 1 is 0.889 bits per heavy atom. The number of primary amides is 1. The smallest absolute Gasteiger partial charge is 0.246 e. The van der Waals surface area contributed by atoms with Gasteiger partial charge >= 0.3 is 0 Å². The van der Waals surface area contributed by atoms with Crippen LogP contribution in [-0.2, 0) is 38.4 Å². The van der Waals surface area contributed by atoms with Crippen LogP contribution in [0.2, 0.25) is 0 Å². The summed E-state index contributed by atoms with van der Waals surface area (Å²) in [4.78, 5) is 112. The summed E-state index contributed by atoms with van der Waals surface area (Å²) in [6, 6.07) is 1.08. The van der Waals surface area contributed by atoms with Crippen molar-refractivity contribution in [3.63, 3.8) is 0 Å². The van der Waals surface area contributed by atoms with Gasteiger partial charge in [-0.25, -0.2) is 0 Å². The number of aliphatic hydroxyl groups is 3. The third-order valence-corrected chi connectivity index (χ3v) is 13.4. The number of benzene rings is 1. The van der Waals surface area contributed by atoms with Crippen LogP contribution < -0.4 is 43.0 Å². The van der Waals surface area contributed by atoms with Crippen molar-refractivity contribution in [2.45, 2.75) is 99.8 Å². The third-order valence-electron chi connectivity index (χ3n) is 12.2. The Hall–Kier alpha value is -5.71. The first kappa shape index (κ1) is 46.8. The zero-order valence-corrected chi connectivity index (χ0v) is 35.8. The Balaban J connectivity index is 1.30. The average Bonchev–Trinajstić information content (AvgIpc) is 4.01. The highest BCUT2D eigenvalue weighted by Crippen LogP contribution is 2.41. The standard InChI is InChI=1S/C41H56N10O11S/c1-20-23-9-5-6-10-24(23)48-39(20)63-19-27-36(59)47-25(12-30(42)55)40(62)51-17-22(53)11-28(51)37(60)50-35-26(13-41(35,2)29(54)18-52)43-14-31(56)44-15-33(58)49-34(21-7-3-4-8-21)38(61)45-16-32(57)46-27/h5-6,9-10,13,21-22,25,27-29,34-35,43,48,52-54H,3-4,7-8,11-12,14-19H2,1-2H3,(H2,42,55)(H,44,56)(H,45,61)(H,46,57)(H,47,59)(H,49,58)(H,50,60)/t22-,25+,27+,28+,29+,34+,35-,41?/m1/s1. The van der Waals surface area contributed by atoms with Gasteiger partial charge in [0.2, 0.25) is 47.3 Å². The number of carbonyl (C=O) groups excluding carboxylic acids is 8. The normalized spacial score (nSPS) is 29.0. The number of rotatable bonds is 8. The number of fused-ring (bicyclic) bond motifs is 3. The highest BCUT2D eigenvalue weighted by atomic mass is 32.2. The van der Waals surface area contributed by atoms with Crippen molar-refractivity contribution in [1.29, 1.82) is 0 Å². The van der Waals surface area contributed by atoms with Gasteiger partial charge in [-0.05, 0) is 37.3 Å². The molecule has 2 aliphatic heterocycles. The summed E-state index contributed by atoms with van der Waals surface area (Å²) < 4.78 is 0. The average molecular weight is 897 g/mol. The van der Waals surface area contributed by atoms with Crippen LogP contribution in [0.15, 0.2) is 41.1 Å². The summed E-state index contributed by atoms with van der Waals surface area (Å²) in [6.07, 6.45) is 0.884. The van der Waals surface area contributed by atoms with Gasteiger partial charge in [-0.1, -0.05) is 44.0 Å². The van der Waals surface area contributed by atoms with E-state index in [1.54, 1.807) is 6.92 Å². The third kappa shape index (κ3) is 10.9. The molecule has 1 aromatic carbocycles. The molecule has 1 saturated carbocycles. The number of nitrogens with two attached hydrogens (primary N) is 1. The second-order valence-electron chi connectivity index (χ2n) is 16.7. The number of nitrogens with zero attached hydrogens (tertiary/aromatic N) is 1. The second-order valence-corrected chi connectivity index (χ2v) is 17.8. The number of aromatic amines is 1. The van der Waals surface area contributed by atoms with Gasteiger partial charge in [0.15, 0.2) is 0 Å². The van der Waals surface area contributed by atoms with E-state index in [1.807, 2.05) is 31.2 Å². The van der Waals surface area contributed by atoms with Gasteiger partial charge in [0.25, 0.3) is 0 Å². The molecular weight excluding hydrogens is 841 g/mol. The van der Waals surface area contributed by atoms with Crippen LogP contribution >= 0.6 is 11.8 Å². The van der Waals surface area contributed by atoms with E-state index in [9.17, 15) is 53.7 Å². The number of aryl methyl sites for hydroxylation is 1. The second kappa shape index (κ2) is 20.2. The van der Waals surface area contributed by atoms with Gasteiger partial charge < -0.3 is 68.2 Å². The number of carbonyl (C=O) groups is 8. The van der Waals surface area contributed by atoms with Crippen molar-refractivity contribution >= 4 is 69.9 Å². The Morgan fingerprint density at radius 3 is 2.27 bits per heavy atom. The molecule has 342 valence electrons. The van der Waals surface area contributed by atoms with Crippen molar-refractivity contribution in [2.75, 3.05) is 38.5 Å². The van der Waals surface area contributed by atoms with E-state index in [1.165, 1.54) is 17.8 Å². The number of nitrogens with one attached hydrogen (secondary N) is 8. The van der Waals surface area contributed by atoms with Crippen LogP contribution in [0.3, 0.4) is 0 Å². The maximum Gasteiger partial charge on any atom is 0.246 e.